The smallest absolute Gasteiger partial charge is 0.187 e. The molecule has 3 fully saturated rings. The van der Waals surface area contributed by atoms with Crippen LogP contribution in [0.4, 0.5) is 10.2 Å². The van der Waals surface area contributed by atoms with Crippen LogP contribution in [0.15, 0.2) is 24.8 Å². The maximum absolute atomic E-state index is 14.5. The van der Waals surface area contributed by atoms with Crippen molar-refractivity contribution in [2.24, 2.45) is 0 Å². The minimum atomic E-state index is -0.254. The zero-order chi connectivity index (χ0) is 16.7. The Labute approximate surface area is 141 Å². The number of piperazine rings is 1. The van der Waals surface area contributed by atoms with Crippen molar-refractivity contribution in [1.29, 1.82) is 0 Å². The fourth-order valence-electron chi connectivity index (χ4n) is 3.90. The Balaban J connectivity index is 1.47. The lowest BCUT2D eigenvalue weighted by molar-refractivity contribution is -0.00900. The van der Waals surface area contributed by atoms with Crippen molar-refractivity contribution in [2.45, 2.75) is 45.3 Å². The zero-order valence-electron chi connectivity index (χ0n) is 14.1. The van der Waals surface area contributed by atoms with E-state index in [1.807, 2.05) is 19.3 Å². The number of pyridine rings is 1. The molecule has 0 N–H and O–H groups in total. The first-order chi connectivity index (χ1) is 11.7. The molecule has 5 nitrogen and oxygen atoms in total. The van der Waals surface area contributed by atoms with Crippen molar-refractivity contribution >= 4 is 5.82 Å². The van der Waals surface area contributed by atoms with Crippen molar-refractivity contribution in [3.8, 4) is 0 Å². The molecule has 5 heterocycles. The van der Waals surface area contributed by atoms with Crippen LogP contribution in [0.2, 0.25) is 0 Å². The number of hydrogen-bond acceptors (Lipinski definition) is 5. The molecule has 2 atom stereocenters. The van der Waals surface area contributed by atoms with Gasteiger partial charge >= 0.3 is 0 Å². The van der Waals surface area contributed by atoms with Gasteiger partial charge in [0.15, 0.2) is 11.6 Å². The van der Waals surface area contributed by atoms with E-state index in [1.165, 1.54) is 23.9 Å². The van der Waals surface area contributed by atoms with Crippen molar-refractivity contribution in [3.05, 3.63) is 47.4 Å². The first-order valence-corrected chi connectivity index (χ1v) is 8.56. The molecular weight excluding hydrogens is 305 g/mol. The molecule has 0 spiro atoms. The average Bonchev–Trinajstić information content (AvgIpc) is 2.60. The molecule has 24 heavy (non-hydrogen) atoms. The molecule has 0 aromatic carbocycles. The highest BCUT2D eigenvalue weighted by molar-refractivity contribution is 5.43. The summed E-state index contributed by atoms with van der Waals surface area (Å²) in [5, 5.41) is 0. The number of aromatic nitrogens is 3. The van der Waals surface area contributed by atoms with Crippen LogP contribution >= 0.6 is 0 Å². The molecule has 3 aliphatic heterocycles. The monoisotopic (exact) mass is 327 g/mol. The highest BCUT2D eigenvalue weighted by atomic mass is 19.1. The minimum absolute atomic E-state index is 0.254. The van der Waals surface area contributed by atoms with E-state index in [1.54, 1.807) is 0 Å². The summed E-state index contributed by atoms with van der Waals surface area (Å²) in [5.41, 5.74) is 2.94. The minimum Gasteiger partial charge on any atom is -0.351 e. The van der Waals surface area contributed by atoms with Crippen molar-refractivity contribution in [2.75, 3.05) is 18.0 Å². The number of aryl methyl sites for hydroxylation is 2. The summed E-state index contributed by atoms with van der Waals surface area (Å²) in [6, 6.07) is 3.11. The van der Waals surface area contributed by atoms with Gasteiger partial charge in [-0.05, 0) is 30.9 Å². The molecule has 0 amide bonds. The van der Waals surface area contributed by atoms with Crippen LogP contribution in [0.25, 0.3) is 0 Å². The van der Waals surface area contributed by atoms with E-state index in [0.717, 1.165) is 19.6 Å². The fourth-order valence-corrected chi connectivity index (χ4v) is 3.90. The molecule has 5 rings (SSSR count). The molecule has 0 saturated carbocycles. The second-order valence-electron chi connectivity index (χ2n) is 6.80. The van der Waals surface area contributed by atoms with Gasteiger partial charge < -0.3 is 4.90 Å². The van der Waals surface area contributed by atoms with Gasteiger partial charge in [-0.15, -0.1) is 0 Å². The van der Waals surface area contributed by atoms with Gasteiger partial charge in [0.25, 0.3) is 0 Å². The van der Waals surface area contributed by atoms with E-state index in [2.05, 4.69) is 37.7 Å². The Kier molecular flexibility index (Phi) is 3.92. The van der Waals surface area contributed by atoms with Crippen LogP contribution < -0.4 is 4.90 Å². The summed E-state index contributed by atoms with van der Waals surface area (Å²) in [7, 11) is 0. The van der Waals surface area contributed by atoms with E-state index in [0.29, 0.717) is 30.0 Å². The zero-order valence-corrected chi connectivity index (χ0v) is 14.1. The van der Waals surface area contributed by atoms with Crippen LogP contribution in [0.3, 0.4) is 0 Å². The SMILES string of the molecule is CCc1ncnc(N2CC3CC(C2)N3Cc2cncc(C)c2)c1F. The largest absolute Gasteiger partial charge is 0.351 e. The van der Waals surface area contributed by atoms with Crippen molar-refractivity contribution in [1.82, 2.24) is 19.9 Å². The molecule has 2 unspecified atom stereocenters. The second kappa shape index (κ2) is 6.09. The summed E-state index contributed by atoms with van der Waals surface area (Å²) in [6.07, 6.45) is 7.08. The number of anilines is 1. The van der Waals surface area contributed by atoms with Gasteiger partial charge in [-0.3, -0.25) is 9.88 Å². The third-order valence-electron chi connectivity index (χ3n) is 5.12. The van der Waals surface area contributed by atoms with Gasteiger partial charge in [-0.2, -0.15) is 0 Å². The van der Waals surface area contributed by atoms with Gasteiger partial charge in [-0.1, -0.05) is 13.0 Å². The summed E-state index contributed by atoms with van der Waals surface area (Å²) in [4.78, 5) is 17.1. The fraction of sp³-hybridized carbons (Fsp3) is 0.500. The number of nitrogens with zero attached hydrogens (tertiary/aromatic N) is 5. The van der Waals surface area contributed by atoms with Gasteiger partial charge in [-0.25, -0.2) is 14.4 Å². The molecule has 2 bridgehead atoms. The first-order valence-electron chi connectivity index (χ1n) is 8.56. The van der Waals surface area contributed by atoms with Gasteiger partial charge in [0.1, 0.15) is 6.33 Å². The predicted octanol–water partition coefficient (Wildman–Crippen LogP) is 2.34. The number of hydrogen-bond donors (Lipinski definition) is 0. The number of fused-ring (bicyclic) bond motifs is 2. The van der Waals surface area contributed by atoms with Crippen LogP contribution in [-0.4, -0.2) is 45.0 Å². The van der Waals surface area contributed by atoms with E-state index >= 15 is 0 Å². The molecule has 3 saturated heterocycles. The molecule has 0 radical (unpaired) electrons. The molecule has 2 aromatic heterocycles. The Morgan fingerprint density at radius 1 is 1.21 bits per heavy atom. The summed E-state index contributed by atoms with van der Waals surface area (Å²) in [5.74, 6) is 0.212. The third kappa shape index (κ3) is 2.65. The van der Waals surface area contributed by atoms with Crippen molar-refractivity contribution < 1.29 is 4.39 Å². The number of halogens is 1. The molecule has 2 aromatic rings. The lowest BCUT2D eigenvalue weighted by atomic mass is 9.86. The van der Waals surface area contributed by atoms with Gasteiger partial charge in [0.2, 0.25) is 0 Å². The normalized spacial score (nSPS) is 23.2. The van der Waals surface area contributed by atoms with Gasteiger partial charge in [0.05, 0.1) is 5.69 Å². The van der Waals surface area contributed by atoms with E-state index < -0.39 is 0 Å². The summed E-state index contributed by atoms with van der Waals surface area (Å²) >= 11 is 0. The second-order valence-corrected chi connectivity index (χ2v) is 6.80. The Morgan fingerprint density at radius 2 is 2.00 bits per heavy atom. The predicted molar refractivity (Wildman–Crippen MR) is 90.3 cm³/mol. The highest BCUT2D eigenvalue weighted by Gasteiger charge is 2.45. The summed E-state index contributed by atoms with van der Waals surface area (Å²) < 4.78 is 14.5. The Morgan fingerprint density at radius 3 is 2.71 bits per heavy atom. The number of piperidine rings is 1. The molecule has 3 aliphatic rings. The van der Waals surface area contributed by atoms with Crippen LogP contribution in [0.5, 0.6) is 0 Å². The topological polar surface area (TPSA) is 45.2 Å². The quantitative estimate of drug-likeness (QED) is 0.862. The Bertz CT molecular complexity index is 738. The third-order valence-corrected chi connectivity index (χ3v) is 5.12. The molecule has 0 aliphatic carbocycles. The average molecular weight is 327 g/mol. The van der Waals surface area contributed by atoms with Crippen LogP contribution in [-0.2, 0) is 13.0 Å². The lowest BCUT2D eigenvalue weighted by Gasteiger charge is -2.56. The lowest BCUT2D eigenvalue weighted by Crippen LogP contribution is -2.68. The Hall–Kier alpha value is -2.08. The maximum atomic E-state index is 14.5. The maximum Gasteiger partial charge on any atom is 0.187 e. The highest BCUT2D eigenvalue weighted by Crippen LogP contribution is 2.36. The number of rotatable bonds is 4. The van der Waals surface area contributed by atoms with Gasteiger partial charge in [0, 0.05) is 44.1 Å². The van der Waals surface area contributed by atoms with Crippen LogP contribution in [0.1, 0.15) is 30.2 Å². The molecular formula is C18H22FN5. The first kappa shape index (κ1) is 15.4. The van der Waals surface area contributed by atoms with E-state index in [-0.39, 0.29) is 5.82 Å². The van der Waals surface area contributed by atoms with Crippen molar-refractivity contribution in [3.63, 3.8) is 0 Å². The standard InChI is InChI=1S/C18H22FN5/c1-3-16-17(19)18(22-11-21-16)23-9-14-5-15(10-23)24(14)8-13-4-12(2)6-20-7-13/h4,6-7,11,14-15H,3,5,8-10H2,1-2H3. The summed E-state index contributed by atoms with van der Waals surface area (Å²) in [6.45, 7) is 6.56. The molecule has 126 valence electrons. The molecule has 6 heteroatoms. The van der Waals surface area contributed by atoms with E-state index in [9.17, 15) is 4.39 Å². The van der Waals surface area contributed by atoms with Crippen LogP contribution in [0, 0.1) is 12.7 Å². The van der Waals surface area contributed by atoms with E-state index in [4.69, 9.17) is 0 Å².